The van der Waals surface area contributed by atoms with Crippen molar-refractivity contribution in [3.63, 3.8) is 0 Å². The van der Waals surface area contributed by atoms with Crippen LogP contribution in [-0.4, -0.2) is 38.8 Å². The van der Waals surface area contributed by atoms with Crippen LogP contribution in [0.1, 0.15) is 37.8 Å². The Kier molecular flexibility index (Phi) is 6.31. The zero-order chi connectivity index (χ0) is 21.9. The first-order valence-electron chi connectivity index (χ1n) is 10.1. The van der Waals surface area contributed by atoms with E-state index in [-0.39, 0.29) is 18.1 Å². The van der Waals surface area contributed by atoms with Gasteiger partial charge in [0.05, 0.1) is 18.1 Å². The summed E-state index contributed by atoms with van der Waals surface area (Å²) in [5, 5.41) is -1.29. The smallest absolute Gasteiger partial charge is 0.325 e. The van der Waals surface area contributed by atoms with Crippen LogP contribution in [0.15, 0.2) is 59.5 Å². The zero-order valence-corrected chi connectivity index (χ0v) is 18.1. The third kappa shape index (κ3) is 3.51. The largest absolute Gasteiger partial charge is 0.465 e. The number of rotatable bonds is 8. The number of hydrogen-bond acceptors (Lipinski definition) is 6. The molecule has 2 aromatic rings. The summed E-state index contributed by atoms with van der Waals surface area (Å²) in [4.78, 5) is 26.2. The van der Waals surface area contributed by atoms with Gasteiger partial charge in [-0.25, -0.2) is 8.42 Å². The lowest BCUT2D eigenvalue weighted by atomic mass is 9.98. The number of hydrogen-bond donors (Lipinski definition) is 0. The average molecular weight is 431 g/mol. The summed E-state index contributed by atoms with van der Waals surface area (Å²) < 4.78 is 37.4. The Morgan fingerprint density at radius 1 is 0.867 bits per heavy atom. The Labute approximate surface area is 177 Å². The lowest BCUT2D eigenvalue weighted by molar-refractivity contribution is -0.164. The van der Waals surface area contributed by atoms with Crippen LogP contribution in [0.2, 0.25) is 0 Å². The molecule has 0 heterocycles. The maximum absolute atomic E-state index is 13.5. The normalized spacial score (nSPS) is 19.7. The molecule has 7 heteroatoms. The summed E-state index contributed by atoms with van der Waals surface area (Å²) in [6, 6.07) is 15.2. The van der Waals surface area contributed by atoms with Crippen molar-refractivity contribution in [1.29, 1.82) is 0 Å². The van der Waals surface area contributed by atoms with Gasteiger partial charge in [0, 0.05) is 5.92 Å². The predicted octanol–water partition coefficient (Wildman–Crippen LogP) is 3.30. The van der Waals surface area contributed by atoms with Gasteiger partial charge in [0.25, 0.3) is 0 Å². The van der Waals surface area contributed by atoms with E-state index in [1.165, 1.54) is 12.1 Å². The highest BCUT2D eigenvalue weighted by atomic mass is 32.2. The van der Waals surface area contributed by atoms with Crippen molar-refractivity contribution in [1.82, 2.24) is 0 Å². The topological polar surface area (TPSA) is 86.7 Å². The maximum Gasteiger partial charge on any atom is 0.325 e. The lowest BCUT2D eigenvalue weighted by Crippen LogP contribution is -2.35. The van der Waals surface area contributed by atoms with Crippen LogP contribution in [0.4, 0.5) is 0 Å². The van der Waals surface area contributed by atoms with Gasteiger partial charge in [-0.2, -0.15) is 0 Å². The third-order valence-electron chi connectivity index (χ3n) is 5.51. The summed E-state index contributed by atoms with van der Waals surface area (Å²) in [6.07, 6.45) is 0.817. The van der Waals surface area contributed by atoms with Crippen molar-refractivity contribution in [3.8, 4) is 0 Å². The molecular weight excluding hydrogens is 404 g/mol. The minimum atomic E-state index is -4.01. The van der Waals surface area contributed by atoms with Gasteiger partial charge >= 0.3 is 11.9 Å². The van der Waals surface area contributed by atoms with Crippen LogP contribution in [0.3, 0.4) is 0 Å². The molecule has 1 saturated carbocycles. The van der Waals surface area contributed by atoms with E-state index in [1.54, 1.807) is 44.2 Å². The molecule has 3 rings (SSSR count). The van der Waals surface area contributed by atoms with Crippen LogP contribution in [0.25, 0.3) is 0 Å². The Morgan fingerprint density at radius 3 is 1.87 bits per heavy atom. The first kappa shape index (κ1) is 22.0. The average Bonchev–Trinajstić information content (AvgIpc) is 3.47. The monoisotopic (exact) mass is 430 g/mol. The number of sulfone groups is 1. The molecule has 1 fully saturated rings. The molecule has 2 atom stereocenters. The van der Waals surface area contributed by atoms with Gasteiger partial charge in [-0.15, -0.1) is 0 Å². The lowest BCUT2D eigenvalue weighted by Gasteiger charge is -2.15. The molecule has 0 spiro atoms. The summed E-state index contributed by atoms with van der Waals surface area (Å²) in [6.45, 7) is 5.30. The quantitative estimate of drug-likeness (QED) is 0.472. The van der Waals surface area contributed by atoms with Gasteiger partial charge in [-0.05, 0) is 43.5 Å². The van der Waals surface area contributed by atoms with Gasteiger partial charge in [0.15, 0.2) is 15.3 Å². The van der Waals surface area contributed by atoms with Crippen molar-refractivity contribution in [3.05, 3.63) is 65.7 Å². The van der Waals surface area contributed by atoms with Crippen LogP contribution in [-0.2, 0) is 35.3 Å². The van der Waals surface area contributed by atoms with Crippen LogP contribution in [0.5, 0.6) is 0 Å². The van der Waals surface area contributed by atoms with Crippen molar-refractivity contribution in [2.75, 3.05) is 13.2 Å². The second-order valence-corrected chi connectivity index (χ2v) is 9.23. The fourth-order valence-electron chi connectivity index (χ4n) is 4.01. The third-order valence-corrected chi connectivity index (χ3v) is 7.75. The molecule has 0 saturated heterocycles. The highest BCUT2D eigenvalue weighted by Gasteiger charge is 2.81. The Hall–Kier alpha value is -2.67. The molecule has 1 aliphatic rings. The van der Waals surface area contributed by atoms with Crippen molar-refractivity contribution >= 4 is 21.8 Å². The Bertz CT molecular complexity index is 993. The van der Waals surface area contributed by atoms with Crippen molar-refractivity contribution in [2.45, 2.75) is 43.3 Å². The number of benzene rings is 2. The predicted molar refractivity (Wildman–Crippen MR) is 112 cm³/mol. The molecule has 2 unspecified atom stereocenters. The molecule has 2 aromatic carbocycles. The summed E-state index contributed by atoms with van der Waals surface area (Å²) in [7, 11) is -4.01. The molecular formula is C23H26O6S. The number of aryl methyl sites for hydroxylation is 1. The molecule has 0 bridgehead atoms. The number of esters is 2. The molecule has 0 aliphatic heterocycles. The van der Waals surface area contributed by atoms with Crippen LogP contribution >= 0.6 is 0 Å². The first-order chi connectivity index (χ1) is 14.3. The fraction of sp³-hybridized carbons (Fsp3) is 0.391. The van der Waals surface area contributed by atoms with E-state index >= 15 is 0 Å². The maximum atomic E-state index is 13.5. The Balaban J connectivity index is 2.18. The number of carbonyl (C=O) groups is 2. The van der Waals surface area contributed by atoms with E-state index in [1.807, 2.05) is 19.1 Å². The van der Waals surface area contributed by atoms with E-state index < -0.39 is 38.4 Å². The van der Waals surface area contributed by atoms with E-state index in [9.17, 15) is 18.0 Å². The number of ether oxygens (including phenoxy) is 2. The van der Waals surface area contributed by atoms with Crippen LogP contribution < -0.4 is 0 Å². The van der Waals surface area contributed by atoms with Crippen molar-refractivity contribution in [2.24, 2.45) is 5.41 Å². The SMILES string of the molecule is CCOC(=O)C1(C(=O)OCC)C(c2ccc(CC)cc2)C1S(=O)(=O)c1ccccc1. The van der Waals surface area contributed by atoms with E-state index in [2.05, 4.69) is 0 Å². The van der Waals surface area contributed by atoms with Gasteiger partial charge in [-0.3, -0.25) is 9.59 Å². The van der Waals surface area contributed by atoms with E-state index in [4.69, 9.17) is 9.47 Å². The van der Waals surface area contributed by atoms with E-state index in [0.29, 0.717) is 5.56 Å². The molecule has 160 valence electrons. The molecule has 1 aliphatic carbocycles. The molecule has 0 amide bonds. The highest BCUT2D eigenvalue weighted by Crippen LogP contribution is 2.65. The fourth-order valence-corrected chi connectivity index (χ4v) is 6.32. The second-order valence-electron chi connectivity index (χ2n) is 7.16. The zero-order valence-electron chi connectivity index (χ0n) is 17.3. The number of carbonyl (C=O) groups excluding carboxylic acids is 2. The van der Waals surface area contributed by atoms with Crippen LogP contribution in [0, 0.1) is 5.41 Å². The standard InChI is InChI=1S/C23H26O6S/c1-4-16-12-14-17(15-13-16)19-20(30(26,27)18-10-8-7-9-11-18)23(19,21(24)28-5-2)22(25)29-6-3/h7-15,19-20H,4-6H2,1-3H3. The molecule has 0 aromatic heterocycles. The minimum absolute atomic E-state index is 0.0274. The highest BCUT2D eigenvalue weighted by molar-refractivity contribution is 7.92. The second kappa shape index (κ2) is 8.60. The van der Waals surface area contributed by atoms with Gasteiger partial charge < -0.3 is 9.47 Å². The summed E-state index contributed by atoms with van der Waals surface area (Å²) >= 11 is 0. The summed E-state index contributed by atoms with van der Waals surface area (Å²) in [5.41, 5.74) is -0.258. The Morgan fingerprint density at radius 2 is 1.40 bits per heavy atom. The van der Waals surface area contributed by atoms with E-state index in [0.717, 1.165) is 12.0 Å². The molecule has 0 N–H and O–H groups in total. The molecule has 0 radical (unpaired) electrons. The summed E-state index contributed by atoms with van der Waals surface area (Å²) in [5.74, 6) is -2.61. The van der Waals surface area contributed by atoms with Gasteiger partial charge in [0.1, 0.15) is 5.25 Å². The molecule has 6 nitrogen and oxygen atoms in total. The van der Waals surface area contributed by atoms with Gasteiger partial charge in [0.2, 0.25) is 0 Å². The minimum Gasteiger partial charge on any atom is -0.465 e. The van der Waals surface area contributed by atoms with Gasteiger partial charge in [-0.1, -0.05) is 49.4 Å². The van der Waals surface area contributed by atoms with Crippen molar-refractivity contribution < 1.29 is 27.5 Å². The molecule has 30 heavy (non-hydrogen) atoms. The first-order valence-corrected chi connectivity index (χ1v) is 11.6.